The number of halogens is 4. The molecule has 4 aliphatic carbocycles. The van der Waals surface area contributed by atoms with Gasteiger partial charge in [-0.2, -0.15) is 0 Å². The molecular weight excluding hydrogens is 1180 g/mol. The number of aromatic nitrogens is 2. The minimum atomic E-state index is -0.147. The van der Waals surface area contributed by atoms with E-state index in [4.69, 9.17) is 65.6 Å². The van der Waals surface area contributed by atoms with Crippen LogP contribution in [0.15, 0.2) is 40.1 Å². The molecule has 77 heavy (non-hydrogen) atoms. The van der Waals surface area contributed by atoms with E-state index in [1.165, 1.54) is 119 Å². The third-order valence-electron chi connectivity index (χ3n) is 14.7. The van der Waals surface area contributed by atoms with Gasteiger partial charge in [-0.3, -0.25) is 9.97 Å². The molecule has 4 saturated carbocycles. The van der Waals surface area contributed by atoms with Gasteiger partial charge in [0.2, 0.25) is 0 Å². The Labute approximate surface area is 499 Å². The molecule has 8 atom stereocenters. The molecule has 16 nitrogen and oxygen atoms in total. The monoisotopic (exact) mass is 1270 g/mol. The summed E-state index contributed by atoms with van der Waals surface area (Å²) in [6.07, 6.45) is 21.8. The second-order valence-electron chi connectivity index (χ2n) is 20.1. The molecule has 4 heterocycles. The molecule has 440 valence electrons. The van der Waals surface area contributed by atoms with Gasteiger partial charge in [0.05, 0.1) is 29.4 Å². The van der Waals surface area contributed by atoms with Gasteiger partial charge in [0.1, 0.15) is 5.94 Å². The van der Waals surface area contributed by atoms with Crippen LogP contribution in [-0.4, -0.2) is 141 Å². The van der Waals surface area contributed by atoms with Crippen molar-refractivity contribution in [3.05, 3.63) is 53.1 Å². The number of urea groups is 1. The number of nitrogens with zero attached hydrogens (tertiary/aromatic N) is 2. The summed E-state index contributed by atoms with van der Waals surface area (Å²) in [5.74, 6) is 3.32. The van der Waals surface area contributed by atoms with E-state index in [1.54, 1.807) is 31.7 Å². The summed E-state index contributed by atoms with van der Waals surface area (Å²) >= 11 is 3.64. The van der Waals surface area contributed by atoms with E-state index in [0.29, 0.717) is 74.6 Å². The molecule has 8 rings (SSSR count). The summed E-state index contributed by atoms with van der Waals surface area (Å²) in [4.78, 5) is 33.5. The van der Waals surface area contributed by atoms with Gasteiger partial charge in [0.15, 0.2) is 0 Å². The predicted octanol–water partition coefficient (Wildman–Crippen LogP) is 7.39. The molecule has 0 radical (unpaired) electrons. The molecule has 0 spiro atoms. The molecule has 4 bridgehead atoms. The number of pyridine rings is 2. The van der Waals surface area contributed by atoms with Crippen molar-refractivity contribution in [3.8, 4) is 0 Å². The van der Waals surface area contributed by atoms with Crippen LogP contribution in [0.2, 0.25) is 0 Å². The van der Waals surface area contributed by atoms with E-state index in [9.17, 15) is 4.79 Å². The Morgan fingerprint density at radius 2 is 0.870 bits per heavy atom. The molecule has 2 aliphatic heterocycles. The summed E-state index contributed by atoms with van der Waals surface area (Å²) < 4.78 is 4.97. The first-order valence-electron chi connectivity index (χ1n) is 28.0. The molecule has 0 aromatic carbocycles. The Hall–Kier alpha value is -0.481. The molecule has 4 fully saturated rings. The molecular formula is C53H91Cl4Mn2N13O3S2. The van der Waals surface area contributed by atoms with E-state index in [1.807, 2.05) is 11.8 Å². The van der Waals surface area contributed by atoms with Gasteiger partial charge < -0.3 is 63.6 Å². The molecule has 0 unspecified atom stereocenters. The summed E-state index contributed by atoms with van der Waals surface area (Å²) in [6.45, 7) is 11.4. The van der Waals surface area contributed by atoms with Crippen LogP contribution in [0.5, 0.6) is 0 Å². The standard InChI is InChI=1S/C27H47N7O2S.C23H40N6S.C3H4O.4ClH.2Mn/c1-36-14-12-30-27(35)31-13-15-37-22-16-20-18-32-25-8-4-2-6-23(25)28-10-11-29-24-7-3-5-9-26(24)33-19-21(17-22)34-20;24-9-12-30-19-13-17-15-27-22-7-3-1-5-20(22)25-10-11-26-21-6-2-4-8-23(21)28-16-18(14-19)29-17;1-2-3-4;;;;;;/h16-17,23-26,28-29,32-33H,2-15,18-19H2,1H3,(H2,30,31,35);13-14,20-23,25-28H,1-12,15-16,24H2;2H,1H3;4*1H;;/q;;;;;;;2*+2/p-4/t23-,24-,25-,26-;20-,21-,22-,23-;;;;;;;/m11......./s1. The van der Waals surface area contributed by atoms with E-state index in [0.717, 1.165) is 86.6 Å². The second kappa shape index (κ2) is 44.1. The number of fused-ring (bicyclic) bond motifs is 8. The van der Waals surface area contributed by atoms with Crippen LogP contribution < -0.4 is 58.9 Å². The van der Waals surface area contributed by atoms with Gasteiger partial charge in [0.25, 0.3) is 0 Å². The van der Waals surface area contributed by atoms with E-state index in [-0.39, 0.29) is 32.3 Å². The first-order chi connectivity index (χ1) is 37.8. The fourth-order valence-corrected chi connectivity index (χ4v) is 12.7. The topological polar surface area (TPSA) is 215 Å². The van der Waals surface area contributed by atoms with Crippen LogP contribution in [0.25, 0.3) is 0 Å². The predicted molar refractivity (Wildman–Crippen MR) is 315 cm³/mol. The number of rotatable bonds is 10. The van der Waals surface area contributed by atoms with Crippen LogP contribution in [0.4, 0.5) is 4.79 Å². The molecule has 2 aromatic heterocycles. The Kier molecular flexibility index (Phi) is 39.5. The molecule has 2 amide bonds. The van der Waals surface area contributed by atoms with Crippen LogP contribution in [0.3, 0.4) is 0 Å². The number of hydrogen-bond donors (Lipinski definition) is 11. The normalized spacial score (nSPS) is 25.9. The van der Waals surface area contributed by atoms with Gasteiger partial charge in [-0.15, -0.1) is 23.5 Å². The number of nitrogens with two attached hydrogens (primary N) is 1. The third kappa shape index (κ3) is 29.1. The maximum absolute atomic E-state index is 11.9. The Balaban J connectivity index is 0.000000288. The van der Waals surface area contributed by atoms with Gasteiger partial charge >= 0.3 is 72.7 Å². The number of allylic oxidation sites excluding steroid dienone is 1. The molecule has 0 saturated heterocycles. The zero-order valence-corrected chi connectivity index (χ0v) is 52.5. The van der Waals surface area contributed by atoms with Gasteiger partial charge in [-0.1, -0.05) is 51.4 Å². The molecule has 2 aromatic rings. The molecule has 24 heteroatoms. The zero-order chi connectivity index (χ0) is 55.1. The third-order valence-corrected chi connectivity index (χ3v) is 16.7. The molecule has 6 aliphatic rings. The van der Waals surface area contributed by atoms with E-state index >= 15 is 0 Å². The van der Waals surface area contributed by atoms with Crippen molar-refractivity contribution in [3.63, 3.8) is 0 Å². The Morgan fingerprint density at radius 3 is 1.16 bits per heavy atom. The van der Waals surface area contributed by atoms with Crippen molar-refractivity contribution in [2.75, 3.05) is 71.0 Å². The van der Waals surface area contributed by atoms with Crippen molar-refractivity contribution in [1.29, 1.82) is 0 Å². The Bertz CT molecular complexity index is 1830. The second-order valence-corrected chi connectivity index (χ2v) is 26.3. The quantitative estimate of drug-likeness (QED) is 0.0484. The fourth-order valence-electron chi connectivity index (χ4n) is 11.1. The fraction of sp³-hybridized carbons (Fsp3) is 0.755. The van der Waals surface area contributed by atoms with Gasteiger partial charge in [-0.05, 0) is 88.6 Å². The first kappa shape index (κ1) is 69.0. The number of amides is 2. The number of nitrogens with one attached hydrogen (secondary N) is 10. The van der Waals surface area contributed by atoms with E-state index in [2.05, 4.69) is 77.4 Å². The average molecular weight is 1270 g/mol. The number of carbonyl (C=O) groups excluding carboxylic acids is 2. The van der Waals surface area contributed by atoms with Gasteiger partial charge in [-0.25, -0.2) is 9.59 Å². The summed E-state index contributed by atoms with van der Waals surface area (Å²) in [5, 5.41) is 36.4. The first-order valence-corrected chi connectivity index (χ1v) is 36.5. The molecule has 12 N–H and O–H groups in total. The number of hydrogen-bond acceptors (Lipinski definition) is 16. The van der Waals surface area contributed by atoms with Crippen molar-refractivity contribution >= 4 is 75.9 Å². The van der Waals surface area contributed by atoms with Crippen molar-refractivity contribution in [2.24, 2.45) is 5.73 Å². The van der Waals surface area contributed by atoms with Crippen molar-refractivity contribution in [1.82, 2.24) is 63.1 Å². The van der Waals surface area contributed by atoms with Crippen LogP contribution in [-0.2, 0) is 62.0 Å². The van der Waals surface area contributed by atoms with Crippen molar-refractivity contribution < 1.29 is 40.6 Å². The summed E-state index contributed by atoms with van der Waals surface area (Å²) in [5.41, 5.74) is 10.3. The van der Waals surface area contributed by atoms with Crippen LogP contribution in [0, 0.1) is 0 Å². The van der Waals surface area contributed by atoms with Crippen LogP contribution >= 0.6 is 63.9 Å². The number of methoxy groups -OCH3 is 1. The number of carbonyl (C=O) groups is 1. The zero-order valence-electron chi connectivity index (χ0n) is 45.5. The van der Waals surface area contributed by atoms with Crippen LogP contribution in [0.1, 0.15) is 132 Å². The van der Waals surface area contributed by atoms with E-state index < -0.39 is 0 Å². The minimum absolute atomic E-state index is 0.00694. The Morgan fingerprint density at radius 1 is 0.584 bits per heavy atom. The van der Waals surface area contributed by atoms with Gasteiger partial charge in [0, 0.05) is 149 Å². The summed E-state index contributed by atoms with van der Waals surface area (Å²) in [7, 11) is 20.8. The summed E-state index contributed by atoms with van der Waals surface area (Å²) in [6, 6.07) is 13.0. The SMILES string of the molecule is CC=C=O.COCCNC(=O)NCCSc1cc2nc(c1)CN[C@@H]1CCCC[C@H]1NCCN[C@@H]1CCCC[C@H]1NC2.NCCSc1cc2nc(c1)CN[C@@H]1CCCC[C@H]1NCCN[C@@H]1CCCC[C@H]1NC2.[Cl][Mn][Cl].[Cl][Mn][Cl]. The van der Waals surface area contributed by atoms with Crippen molar-refractivity contribution in [2.45, 2.75) is 194 Å². The number of thioether (sulfide) groups is 2. The maximum atomic E-state index is 11.9. The number of ether oxygens (including phenoxy) is 1. The average Bonchev–Trinajstić information content (AvgIpc) is 3.46.